The van der Waals surface area contributed by atoms with Gasteiger partial charge in [0.1, 0.15) is 0 Å². The van der Waals surface area contributed by atoms with E-state index in [-0.39, 0.29) is 11.8 Å². The highest BCUT2D eigenvalue weighted by Crippen LogP contribution is 2.12. The molecule has 0 spiro atoms. The minimum atomic E-state index is 0.0603. The van der Waals surface area contributed by atoms with Crippen molar-refractivity contribution in [1.29, 1.82) is 0 Å². The third-order valence-electron chi connectivity index (χ3n) is 3.69. The van der Waals surface area contributed by atoms with Crippen molar-refractivity contribution in [1.82, 2.24) is 19.6 Å². The summed E-state index contributed by atoms with van der Waals surface area (Å²) in [6.07, 6.45) is 0.971. The fourth-order valence-electron chi connectivity index (χ4n) is 2.28. The van der Waals surface area contributed by atoms with E-state index in [9.17, 15) is 9.59 Å². The van der Waals surface area contributed by atoms with Gasteiger partial charge in [-0.1, -0.05) is 0 Å². The maximum atomic E-state index is 11.5. The Bertz CT molecular complexity index is 426. The molecule has 2 aliphatic heterocycles. The van der Waals surface area contributed by atoms with Crippen LogP contribution in [0.3, 0.4) is 0 Å². The van der Waals surface area contributed by atoms with Gasteiger partial charge in [-0.05, 0) is 24.4 Å². The van der Waals surface area contributed by atoms with Crippen LogP contribution in [-0.2, 0) is 9.59 Å². The monoisotopic (exact) mass is 314 g/mol. The second kappa shape index (κ2) is 6.01. The van der Waals surface area contributed by atoms with Crippen LogP contribution in [0.25, 0.3) is 0 Å². The summed E-state index contributed by atoms with van der Waals surface area (Å²) in [5, 5.41) is 1.13. The molecule has 2 fully saturated rings. The van der Waals surface area contributed by atoms with Crippen LogP contribution in [0.2, 0.25) is 0 Å². The number of hydrogen-bond acceptors (Lipinski definition) is 4. The minimum absolute atomic E-state index is 0.0603. The Hall–Kier alpha value is -1.28. The average molecular weight is 314 g/mol. The second-order valence-electron chi connectivity index (χ2n) is 4.94. The van der Waals surface area contributed by atoms with Crippen molar-refractivity contribution in [2.45, 2.75) is 12.8 Å². The van der Waals surface area contributed by atoms with Crippen molar-refractivity contribution in [3.8, 4) is 0 Å². The highest BCUT2D eigenvalue weighted by Gasteiger charge is 2.28. The lowest BCUT2D eigenvalue weighted by atomic mass is 10.2. The van der Waals surface area contributed by atoms with E-state index in [0.29, 0.717) is 49.2 Å². The Morgan fingerprint density at radius 3 is 1.55 bits per heavy atom. The van der Waals surface area contributed by atoms with E-state index in [1.54, 1.807) is 14.1 Å². The quantitative estimate of drug-likeness (QED) is 0.677. The Balaban J connectivity index is 1.89. The zero-order valence-electron chi connectivity index (χ0n) is 11.7. The molecule has 2 saturated heterocycles. The van der Waals surface area contributed by atoms with Crippen LogP contribution in [0, 0.1) is 0 Å². The number of nitrogens with zero attached hydrogens (tertiary/aromatic N) is 4. The van der Waals surface area contributed by atoms with Gasteiger partial charge >= 0.3 is 0 Å². The van der Waals surface area contributed by atoms with E-state index < -0.39 is 0 Å². The molecule has 2 heterocycles. The van der Waals surface area contributed by atoms with Crippen LogP contribution >= 0.6 is 24.4 Å². The maximum absolute atomic E-state index is 11.5. The van der Waals surface area contributed by atoms with Gasteiger partial charge in [-0.2, -0.15) is 0 Å². The highest BCUT2D eigenvalue weighted by molar-refractivity contribution is 7.80. The molecule has 0 radical (unpaired) electrons. The van der Waals surface area contributed by atoms with Gasteiger partial charge in [0.05, 0.1) is 0 Å². The van der Waals surface area contributed by atoms with Crippen molar-refractivity contribution in [2.24, 2.45) is 0 Å². The predicted molar refractivity (Wildman–Crippen MR) is 83.1 cm³/mol. The first-order chi connectivity index (χ1) is 9.41. The maximum Gasteiger partial charge on any atom is 0.230 e. The summed E-state index contributed by atoms with van der Waals surface area (Å²) in [5.41, 5.74) is 0. The molecular weight excluding hydrogens is 296 g/mol. The van der Waals surface area contributed by atoms with Crippen molar-refractivity contribution in [3.05, 3.63) is 0 Å². The molecule has 8 heteroatoms. The van der Waals surface area contributed by atoms with Crippen molar-refractivity contribution in [2.75, 3.05) is 40.3 Å². The second-order valence-corrected chi connectivity index (χ2v) is 5.68. The van der Waals surface area contributed by atoms with E-state index in [1.165, 1.54) is 9.80 Å². The van der Waals surface area contributed by atoms with E-state index >= 15 is 0 Å². The van der Waals surface area contributed by atoms with Crippen LogP contribution in [0.15, 0.2) is 0 Å². The lowest BCUT2D eigenvalue weighted by Gasteiger charge is -2.39. The molecule has 0 aromatic heterocycles. The number of thiocarbonyl (C=S) groups is 2. The van der Waals surface area contributed by atoms with Crippen molar-refractivity contribution < 1.29 is 9.59 Å². The number of carbonyl (C=O) groups excluding carboxylic acids is 2. The first-order valence-corrected chi connectivity index (χ1v) is 7.34. The smallest absolute Gasteiger partial charge is 0.230 e. The zero-order valence-corrected chi connectivity index (χ0v) is 13.3. The number of carbonyl (C=O) groups is 2. The topological polar surface area (TPSA) is 47.1 Å². The molecule has 2 aliphatic rings. The third kappa shape index (κ3) is 2.90. The Morgan fingerprint density at radius 2 is 1.20 bits per heavy atom. The summed E-state index contributed by atoms with van der Waals surface area (Å²) < 4.78 is 0. The van der Waals surface area contributed by atoms with Gasteiger partial charge in [0.2, 0.25) is 11.8 Å². The molecule has 20 heavy (non-hydrogen) atoms. The van der Waals surface area contributed by atoms with Crippen LogP contribution in [0.5, 0.6) is 0 Å². The summed E-state index contributed by atoms with van der Waals surface area (Å²) in [6, 6.07) is 0. The molecule has 0 aliphatic carbocycles. The normalized spacial score (nSPS) is 21.1. The molecule has 6 nitrogen and oxygen atoms in total. The molecule has 0 aromatic rings. The van der Waals surface area contributed by atoms with Gasteiger partial charge < -0.3 is 9.80 Å². The van der Waals surface area contributed by atoms with Gasteiger partial charge in [0, 0.05) is 53.1 Å². The van der Waals surface area contributed by atoms with Crippen LogP contribution in [0.4, 0.5) is 0 Å². The summed E-state index contributed by atoms with van der Waals surface area (Å²) in [7, 11) is 3.41. The Morgan fingerprint density at radius 1 is 0.850 bits per heavy atom. The molecule has 0 N–H and O–H groups in total. The fourth-order valence-corrected chi connectivity index (χ4v) is 2.85. The number of hydrogen-bond donors (Lipinski definition) is 0. The van der Waals surface area contributed by atoms with Crippen LogP contribution in [-0.4, -0.2) is 81.9 Å². The lowest BCUT2D eigenvalue weighted by Crippen LogP contribution is -2.55. The average Bonchev–Trinajstić information content (AvgIpc) is 2.43. The Labute approximate surface area is 129 Å². The molecule has 2 rings (SSSR count). The van der Waals surface area contributed by atoms with E-state index in [1.807, 2.05) is 9.80 Å². The molecule has 110 valence electrons. The number of amides is 2. The largest absolute Gasteiger partial charge is 0.347 e. The lowest BCUT2D eigenvalue weighted by molar-refractivity contribution is -0.129. The van der Waals surface area contributed by atoms with Gasteiger partial charge in [0.15, 0.2) is 10.2 Å². The minimum Gasteiger partial charge on any atom is -0.347 e. The molecule has 0 unspecified atom stereocenters. The molecule has 2 amide bonds. The van der Waals surface area contributed by atoms with Gasteiger partial charge in [-0.25, -0.2) is 0 Å². The van der Waals surface area contributed by atoms with Crippen molar-refractivity contribution >= 4 is 46.5 Å². The molecule has 0 atom stereocenters. The standard InChI is InChI=1S/C12H18N4O2S2/c1-13-9(17)3-5-15(11(13)19)7-8-16-6-4-10(18)14(2)12(16)20/h3-8H2,1-2H3. The molecule has 0 aromatic carbocycles. The summed E-state index contributed by atoms with van der Waals surface area (Å²) in [6.45, 7) is 2.71. The molecule has 0 saturated carbocycles. The molecular formula is C12H18N4O2S2. The zero-order chi connectivity index (χ0) is 14.9. The summed E-state index contributed by atoms with van der Waals surface area (Å²) in [4.78, 5) is 30.1. The van der Waals surface area contributed by atoms with Gasteiger partial charge in [-0.15, -0.1) is 0 Å². The third-order valence-corrected chi connectivity index (χ3v) is 4.76. The van der Waals surface area contributed by atoms with E-state index in [2.05, 4.69) is 0 Å². The van der Waals surface area contributed by atoms with Gasteiger partial charge in [-0.3, -0.25) is 19.4 Å². The first-order valence-electron chi connectivity index (χ1n) is 6.52. The van der Waals surface area contributed by atoms with Crippen LogP contribution in [0.1, 0.15) is 12.8 Å². The SMILES string of the molecule is CN1C(=O)CCN(CCN2CCC(=O)N(C)C2=S)C1=S. The Kier molecular flexibility index (Phi) is 4.54. The van der Waals surface area contributed by atoms with Gasteiger partial charge in [0.25, 0.3) is 0 Å². The summed E-state index contributed by atoms with van der Waals surface area (Å²) >= 11 is 10.6. The van der Waals surface area contributed by atoms with Crippen LogP contribution < -0.4 is 0 Å². The number of rotatable bonds is 3. The van der Waals surface area contributed by atoms with E-state index in [4.69, 9.17) is 24.4 Å². The van der Waals surface area contributed by atoms with E-state index in [0.717, 1.165) is 0 Å². The van der Waals surface area contributed by atoms with Crippen molar-refractivity contribution in [3.63, 3.8) is 0 Å². The summed E-state index contributed by atoms with van der Waals surface area (Å²) in [5.74, 6) is 0.121. The fraction of sp³-hybridized carbons (Fsp3) is 0.667. The molecule has 0 bridgehead atoms. The highest BCUT2D eigenvalue weighted by atomic mass is 32.1. The first kappa shape index (κ1) is 15.1. The predicted octanol–water partition coefficient (Wildman–Crippen LogP) is -0.116.